The second-order valence-corrected chi connectivity index (χ2v) is 6.11. The number of carbonyl (C=O) groups is 1. The van der Waals surface area contributed by atoms with Crippen LogP contribution < -0.4 is 0 Å². The number of esters is 1. The van der Waals surface area contributed by atoms with Crippen molar-refractivity contribution < 1.29 is 9.53 Å². The summed E-state index contributed by atoms with van der Waals surface area (Å²) >= 11 is 0. The molecule has 17 heavy (non-hydrogen) atoms. The Morgan fingerprint density at radius 2 is 2.00 bits per heavy atom. The smallest absolute Gasteiger partial charge is 0.323 e. The molecule has 100 valence electrons. The summed E-state index contributed by atoms with van der Waals surface area (Å²) < 4.78 is 5.41. The highest BCUT2D eigenvalue weighted by Gasteiger charge is 2.32. The zero-order chi connectivity index (χ0) is 13.2. The van der Waals surface area contributed by atoms with E-state index in [1.165, 1.54) is 0 Å². The third-order valence-electron chi connectivity index (χ3n) is 3.22. The van der Waals surface area contributed by atoms with E-state index in [4.69, 9.17) is 4.74 Å². The van der Waals surface area contributed by atoms with Crippen LogP contribution in [0.1, 0.15) is 34.1 Å². The molecule has 1 heterocycles. The second-order valence-electron chi connectivity index (χ2n) is 6.11. The predicted octanol–water partition coefficient (Wildman–Crippen LogP) is 1.35. The molecule has 2 atom stereocenters. The van der Waals surface area contributed by atoms with Crippen LogP contribution in [-0.2, 0) is 9.53 Å². The second kappa shape index (κ2) is 5.36. The Balaban J connectivity index is 2.49. The number of hydrogen-bond acceptors (Lipinski definition) is 4. The zero-order valence-corrected chi connectivity index (χ0v) is 12.0. The molecule has 0 aromatic carbocycles. The van der Waals surface area contributed by atoms with Gasteiger partial charge in [0.05, 0.1) is 0 Å². The van der Waals surface area contributed by atoms with E-state index in [0.717, 1.165) is 19.5 Å². The number of hydrogen-bond donors (Lipinski definition) is 0. The first-order valence-corrected chi connectivity index (χ1v) is 6.34. The van der Waals surface area contributed by atoms with Gasteiger partial charge < -0.3 is 9.64 Å². The molecule has 0 radical (unpaired) electrons. The van der Waals surface area contributed by atoms with E-state index in [2.05, 4.69) is 23.9 Å². The van der Waals surface area contributed by atoms with Gasteiger partial charge in [-0.2, -0.15) is 0 Å². The Labute approximate surface area is 105 Å². The van der Waals surface area contributed by atoms with Gasteiger partial charge in [0.15, 0.2) is 0 Å². The van der Waals surface area contributed by atoms with E-state index in [1.54, 1.807) is 0 Å². The standard InChI is InChI=1S/C13H26N2O2/c1-10(12(16)17-13(2,3)4)15-8-7-11(9-15)14(5)6/h10-11H,7-9H2,1-6H3. The Hall–Kier alpha value is -0.610. The Morgan fingerprint density at radius 1 is 1.41 bits per heavy atom. The monoisotopic (exact) mass is 242 g/mol. The normalized spacial score (nSPS) is 24.1. The molecule has 1 rings (SSSR count). The summed E-state index contributed by atoms with van der Waals surface area (Å²) in [6.07, 6.45) is 1.13. The third kappa shape index (κ3) is 4.28. The highest BCUT2D eigenvalue weighted by molar-refractivity contribution is 5.75. The van der Waals surface area contributed by atoms with Crippen LogP contribution in [-0.4, -0.2) is 60.6 Å². The molecule has 0 amide bonds. The van der Waals surface area contributed by atoms with Crippen LogP contribution >= 0.6 is 0 Å². The first-order valence-electron chi connectivity index (χ1n) is 6.34. The van der Waals surface area contributed by atoms with E-state index in [-0.39, 0.29) is 12.0 Å². The number of ether oxygens (including phenoxy) is 1. The van der Waals surface area contributed by atoms with Gasteiger partial charge in [0, 0.05) is 19.1 Å². The summed E-state index contributed by atoms with van der Waals surface area (Å²) in [5.74, 6) is -0.114. The average Bonchev–Trinajstić information content (AvgIpc) is 2.62. The fraction of sp³-hybridized carbons (Fsp3) is 0.923. The summed E-state index contributed by atoms with van der Waals surface area (Å²) in [5, 5.41) is 0. The topological polar surface area (TPSA) is 32.8 Å². The molecule has 1 saturated heterocycles. The van der Waals surface area contributed by atoms with Gasteiger partial charge in [-0.3, -0.25) is 9.69 Å². The van der Waals surface area contributed by atoms with Crippen LogP contribution in [0, 0.1) is 0 Å². The highest BCUT2D eigenvalue weighted by Crippen LogP contribution is 2.18. The maximum atomic E-state index is 11.9. The van der Waals surface area contributed by atoms with Gasteiger partial charge in [-0.15, -0.1) is 0 Å². The fourth-order valence-electron chi connectivity index (χ4n) is 2.08. The minimum absolute atomic E-state index is 0.114. The van der Waals surface area contributed by atoms with Gasteiger partial charge in [-0.05, 0) is 48.2 Å². The van der Waals surface area contributed by atoms with Gasteiger partial charge in [0.1, 0.15) is 11.6 Å². The van der Waals surface area contributed by atoms with Gasteiger partial charge in [-0.1, -0.05) is 0 Å². The van der Waals surface area contributed by atoms with E-state index >= 15 is 0 Å². The molecule has 4 nitrogen and oxygen atoms in total. The molecule has 0 aromatic rings. The minimum atomic E-state index is -0.397. The summed E-state index contributed by atoms with van der Waals surface area (Å²) in [5.41, 5.74) is -0.397. The maximum Gasteiger partial charge on any atom is 0.323 e. The lowest BCUT2D eigenvalue weighted by molar-refractivity contribution is -0.160. The molecule has 0 saturated carbocycles. The average molecular weight is 242 g/mol. The zero-order valence-electron chi connectivity index (χ0n) is 12.0. The van der Waals surface area contributed by atoms with Crippen LogP contribution in [0.25, 0.3) is 0 Å². The molecule has 0 bridgehead atoms. The molecule has 4 heteroatoms. The molecular weight excluding hydrogens is 216 g/mol. The van der Waals surface area contributed by atoms with E-state index in [9.17, 15) is 4.79 Å². The number of rotatable bonds is 3. The van der Waals surface area contributed by atoms with Gasteiger partial charge in [-0.25, -0.2) is 0 Å². The van der Waals surface area contributed by atoms with E-state index < -0.39 is 5.60 Å². The van der Waals surface area contributed by atoms with Crippen LogP contribution in [0.15, 0.2) is 0 Å². The van der Waals surface area contributed by atoms with Crippen molar-refractivity contribution in [2.75, 3.05) is 27.2 Å². The Morgan fingerprint density at radius 3 is 2.41 bits per heavy atom. The Kier molecular flexibility index (Phi) is 4.55. The lowest BCUT2D eigenvalue weighted by Gasteiger charge is -2.28. The molecule has 1 aliphatic rings. The van der Waals surface area contributed by atoms with Crippen molar-refractivity contribution in [3.05, 3.63) is 0 Å². The molecule has 2 unspecified atom stereocenters. The van der Waals surface area contributed by atoms with Gasteiger partial charge in [0.2, 0.25) is 0 Å². The van der Waals surface area contributed by atoms with Crippen LogP contribution in [0.4, 0.5) is 0 Å². The Bertz CT molecular complexity index is 271. The largest absolute Gasteiger partial charge is 0.459 e. The summed E-state index contributed by atoms with van der Waals surface area (Å²) in [4.78, 5) is 16.4. The van der Waals surface area contributed by atoms with Crippen LogP contribution in [0.2, 0.25) is 0 Å². The molecule has 0 aliphatic carbocycles. The third-order valence-corrected chi connectivity index (χ3v) is 3.22. The molecule has 1 aliphatic heterocycles. The number of likely N-dealkylation sites (tertiary alicyclic amines) is 1. The maximum absolute atomic E-state index is 11.9. The molecule has 0 N–H and O–H groups in total. The van der Waals surface area contributed by atoms with E-state index in [1.807, 2.05) is 27.7 Å². The van der Waals surface area contributed by atoms with E-state index in [0.29, 0.717) is 6.04 Å². The van der Waals surface area contributed by atoms with Crippen molar-refractivity contribution in [1.82, 2.24) is 9.80 Å². The molecular formula is C13H26N2O2. The van der Waals surface area contributed by atoms with Crippen molar-refractivity contribution in [3.63, 3.8) is 0 Å². The van der Waals surface area contributed by atoms with Crippen molar-refractivity contribution in [2.24, 2.45) is 0 Å². The van der Waals surface area contributed by atoms with Crippen molar-refractivity contribution in [2.45, 2.75) is 51.8 Å². The lowest BCUT2D eigenvalue weighted by Crippen LogP contribution is -2.42. The first kappa shape index (κ1) is 14.5. The summed E-state index contributed by atoms with van der Waals surface area (Å²) in [7, 11) is 4.18. The lowest BCUT2D eigenvalue weighted by atomic mass is 10.2. The SMILES string of the molecule is CC(C(=O)OC(C)(C)C)N1CCC(N(C)C)C1. The molecule has 0 aromatic heterocycles. The summed E-state index contributed by atoms with van der Waals surface area (Å²) in [6, 6.07) is 0.416. The molecule has 1 fully saturated rings. The summed E-state index contributed by atoms with van der Waals surface area (Å²) in [6.45, 7) is 9.58. The number of likely N-dealkylation sites (N-methyl/N-ethyl adjacent to an activating group) is 1. The fourth-order valence-corrected chi connectivity index (χ4v) is 2.08. The van der Waals surface area contributed by atoms with Gasteiger partial charge >= 0.3 is 5.97 Å². The molecule has 0 spiro atoms. The van der Waals surface area contributed by atoms with Gasteiger partial charge in [0.25, 0.3) is 0 Å². The van der Waals surface area contributed by atoms with Crippen molar-refractivity contribution >= 4 is 5.97 Å². The predicted molar refractivity (Wildman–Crippen MR) is 69.0 cm³/mol. The highest BCUT2D eigenvalue weighted by atomic mass is 16.6. The van der Waals surface area contributed by atoms with Crippen LogP contribution in [0.5, 0.6) is 0 Å². The first-order chi connectivity index (χ1) is 7.70. The minimum Gasteiger partial charge on any atom is -0.459 e. The van der Waals surface area contributed by atoms with Crippen LogP contribution in [0.3, 0.4) is 0 Å². The van der Waals surface area contributed by atoms with Crippen molar-refractivity contribution in [3.8, 4) is 0 Å². The van der Waals surface area contributed by atoms with Crippen molar-refractivity contribution in [1.29, 1.82) is 0 Å². The number of nitrogens with zero attached hydrogens (tertiary/aromatic N) is 2. The quantitative estimate of drug-likeness (QED) is 0.700. The number of carbonyl (C=O) groups excluding carboxylic acids is 1.